The highest BCUT2D eigenvalue weighted by atomic mass is 32.2. The number of rotatable bonds is 5. The predicted octanol–water partition coefficient (Wildman–Crippen LogP) is 3.56. The van der Waals surface area contributed by atoms with Crippen molar-refractivity contribution in [2.24, 2.45) is 5.41 Å². The van der Waals surface area contributed by atoms with E-state index in [-0.39, 0.29) is 0 Å². The molecule has 2 aliphatic heterocycles. The van der Waals surface area contributed by atoms with Crippen molar-refractivity contribution in [2.45, 2.75) is 39.2 Å². The van der Waals surface area contributed by atoms with Gasteiger partial charge in [0.05, 0.1) is 0 Å². The lowest BCUT2D eigenvalue weighted by Gasteiger charge is -2.35. The molecule has 0 aliphatic carbocycles. The van der Waals surface area contributed by atoms with Crippen molar-refractivity contribution >= 4 is 17.4 Å². The summed E-state index contributed by atoms with van der Waals surface area (Å²) in [6.45, 7) is 8.34. The third-order valence-corrected chi connectivity index (χ3v) is 6.26. The zero-order valence-corrected chi connectivity index (χ0v) is 14.2. The molecule has 1 N–H and O–H groups in total. The number of thioether (sulfide) groups is 1. The van der Waals surface area contributed by atoms with E-state index in [0.717, 1.165) is 6.54 Å². The summed E-state index contributed by atoms with van der Waals surface area (Å²) in [5.41, 5.74) is 3.50. The minimum Gasteiger partial charge on any atom is -0.371 e. The highest BCUT2D eigenvalue weighted by molar-refractivity contribution is 7.99. The van der Waals surface area contributed by atoms with Crippen LogP contribution in [0.15, 0.2) is 24.3 Å². The predicted molar refractivity (Wildman–Crippen MR) is 94.5 cm³/mol. The molecule has 0 aromatic heterocycles. The first-order valence-corrected chi connectivity index (χ1v) is 9.43. The second-order valence-corrected chi connectivity index (χ2v) is 8.28. The van der Waals surface area contributed by atoms with Crippen molar-refractivity contribution in [2.75, 3.05) is 36.0 Å². The number of benzene rings is 1. The van der Waals surface area contributed by atoms with Crippen LogP contribution in [0.25, 0.3) is 0 Å². The summed E-state index contributed by atoms with van der Waals surface area (Å²) in [7, 11) is 0. The molecular weight excluding hydrogens is 276 g/mol. The standard InChI is InChI=1S/C18H28N2S/c1-18(2)12-16(13-21-14-18)19-9-5-10-20-11-8-15-6-3-4-7-17(15)20/h3-4,6-7,16,19H,5,8-14H2,1-2H3. The minimum absolute atomic E-state index is 0.508. The van der Waals surface area contributed by atoms with Crippen LogP contribution in [0.2, 0.25) is 0 Å². The van der Waals surface area contributed by atoms with E-state index in [9.17, 15) is 0 Å². The van der Waals surface area contributed by atoms with Gasteiger partial charge in [-0.05, 0) is 48.6 Å². The maximum absolute atomic E-state index is 3.78. The summed E-state index contributed by atoms with van der Waals surface area (Å²) in [4.78, 5) is 2.55. The normalized spacial score (nSPS) is 24.1. The number of para-hydroxylation sites is 1. The maximum Gasteiger partial charge on any atom is 0.0399 e. The van der Waals surface area contributed by atoms with Gasteiger partial charge < -0.3 is 10.2 Å². The van der Waals surface area contributed by atoms with Crippen LogP contribution in [0, 0.1) is 5.41 Å². The first-order chi connectivity index (χ1) is 10.1. The summed E-state index contributed by atoms with van der Waals surface area (Å²) in [6.07, 6.45) is 3.79. The Bertz CT molecular complexity index is 472. The van der Waals surface area contributed by atoms with Crippen molar-refractivity contribution in [3.05, 3.63) is 29.8 Å². The van der Waals surface area contributed by atoms with Gasteiger partial charge in [0, 0.05) is 30.6 Å². The van der Waals surface area contributed by atoms with Gasteiger partial charge in [0.25, 0.3) is 0 Å². The Morgan fingerprint density at radius 3 is 3.05 bits per heavy atom. The third kappa shape index (κ3) is 3.95. The van der Waals surface area contributed by atoms with Crippen LogP contribution in [0.5, 0.6) is 0 Å². The number of anilines is 1. The van der Waals surface area contributed by atoms with Crippen LogP contribution < -0.4 is 10.2 Å². The molecule has 3 heteroatoms. The molecule has 0 bridgehead atoms. The van der Waals surface area contributed by atoms with Crippen LogP contribution >= 0.6 is 11.8 Å². The lowest BCUT2D eigenvalue weighted by Crippen LogP contribution is -2.41. The summed E-state index contributed by atoms with van der Waals surface area (Å²) in [5.74, 6) is 2.60. The average molecular weight is 305 g/mol. The molecule has 1 fully saturated rings. The van der Waals surface area contributed by atoms with Crippen LogP contribution in [-0.4, -0.2) is 37.2 Å². The number of nitrogens with one attached hydrogen (secondary N) is 1. The fraction of sp³-hybridized carbons (Fsp3) is 0.667. The van der Waals surface area contributed by atoms with Gasteiger partial charge in [-0.2, -0.15) is 11.8 Å². The van der Waals surface area contributed by atoms with Gasteiger partial charge in [0.1, 0.15) is 0 Å². The van der Waals surface area contributed by atoms with Gasteiger partial charge in [-0.3, -0.25) is 0 Å². The molecule has 0 spiro atoms. The Hall–Kier alpha value is -0.670. The van der Waals surface area contributed by atoms with Crippen LogP contribution in [0.4, 0.5) is 5.69 Å². The number of hydrogen-bond acceptors (Lipinski definition) is 3. The van der Waals surface area contributed by atoms with E-state index in [1.165, 1.54) is 55.1 Å². The molecule has 3 rings (SSSR count). The quantitative estimate of drug-likeness (QED) is 0.837. The molecule has 1 aromatic rings. The lowest BCUT2D eigenvalue weighted by atomic mass is 9.88. The Morgan fingerprint density at radius 2 is 2.19 bits per heavy atom. The molecule has 2 heterocycles. The fourth-order valence-corrected chi connectivity index (χ4v) is 4.92. The molecule has 0 radical (unpaired) electrons. The summed E-state index contributed by atoms with van der Waals surface area (Å²) >= 11 is 2.11. The molecule has 1 unspecified atom stereocenters. The molecule has 1 atom stereocenters. The Kier molecular flexibility index (Phi) is 4.80. The first kappa shape index (κ1) is 15.2. The van der Waals surface area contributed by atoms with Gasteiger partial charge in [-0.15, -0.1) is 0 Å². The summed E-state index contributed by atoms with van der Waals surface area (Å²) < 4.78 is 0. The van der Waals surface area contributed by atoms with Crippen molar-refractivity contribution in [3.63, 3.8) is 0 Å². The molecule has 2 aliphatic rings. The monoisotopic (exact) mass is 304 g/mol. The average Bonchev–Trinajstić information content (AvgIpc) is 2.86. The summed E-state index contributed by atoms with van der Waals surface area (Å²) in [6, 6.07) is 9.58. The number of fused-ring (bicyclic) bond motifs is 1. The Morgan fingerprint density at radius 1 is 1.33 bits per heavy atom. The highest BCUT2D eigenvalue weighted by Gasteiger charge is 2.28. The van der Waals surface area contributed by atoms with Crippen molar-refractivity contribution in [1.82, 2.24) is 5.32 Å². The van der Waals surface area contributed by atoms with Crippen molar-refractivity contribution in [3.8, 4) is 0 Å². The Labute approximate surface area is 133 Å². The van der Waals surface area contributed by atoms with Gasteiger partial charge in [-0.1, -0.05) is 32.0 Å². The molecule has 2 nitrogen and oxygen atoms in total. The topological polar surface area (TPSA) is 15.3 Å². The largest absolute Gasteiger partial charge is 0.371 e. The lowest BCUT2D eigenvalue weighted by molar-refractivity contribution is 0.318. The first-order valence-electron chi connectivity index (χ1n) is 8.28. The maximum atomic E-state index is 3.78. The molecule has 1 aromatic carbocycles. The molecule has 0 amide bonds. The highest BCUT2D eigenvalue weighted by Crippen LogP contribution is 2.33. The fourth-order valence-electron chi connectivity index (χ4n) is 3.61. The second-order valence-electron chi connectivity index (χ2n) is 7.25. The van der Waals surface area contributed by atoms with E-state index >= 15 is 0 Å². The third-order valence-electron chi connectivity index (χ3n) is 4.63. The van der Waals surface area contributed by atoms with E-state index in [4.69, 9.17) is 0 Å². The van der Waals surface area contributed by atoms with Crippen molar-refractivity contribution < 1.29 is 0 Å². The van der Waals surface area contributed by atoms with Crippen LogP contribution in [0.1, 0.15) is 32.3 Å². The van der Waals surface area contributed by atoms with E-state index in [0.29, 0.717) is 11.5 Å². The molecule has 1 saturated heterocycles. The molecular formula is C18H28N2S. The smallest absolute Gasteiger partial charge is 0.0399 e. The zero-order valence-electron chi connectivity index (χ0n) is 13.4. The summed E-state index contributed by atoms with van der Waals surface area (Å²) in [5, 5.41) is 3.78. The van der Waals surface area contributed by atoms with Crippen LogP contribution in [0.3, 0.4) is 0 Å². The van der Waals surface area contributed by atoms with E-state index in [2.05, 4.69) is 60.1 Å². The van der Waals surface area contributed by atoms with Gasteiger partial charge >= 0.3 is 0 Å². The minimum atomic E-state index is 0.508. The van der Waals surface area contributed by atoms with Crippen LogP contribution in [-0.2, 0) is 6.42 Å². The molecule has 0 saturated carbocycles. The van der Waals surface area contributed by atoms with Crippen molar-refractivity contribution in [1.29, 1.82) is 0 Å². The van der Waals surface area contributed by atoms with Gasteiger partial charge in [0.2, 0.25) is 0 Å². The molecule has 116 valence electrons. The van der Waals surface area contributed by atoms with Gasteiger partial charge in [-0.25, -0.2) is 0 Å². The van der Waals surface area contributed by atoms with E-state index < -0.39 is 0 Å². The van der Waals surface area contributed by atoms with Gasteiger partial charge in [0.15, 0.2) is 0 Å². The second kappa shape index (κ2) is 6.62. The Balaban J connectivity index is 1.39. The number of hydrogen-bond donors (Lipinski definition) is 1. The zero-order chi connectivity index (χ0) is 14.7. The SMILES string of the molecule is CC1(C)CSCC(NCCCN2CCc3ccccc32)C1. The van der Waals surface area contributed by atoms with E-state index in [1.807, 2.05) is 0 Å². The molecule has 21 heavy (non-hydrogen) atoms. The van der Waals surface area contributed by atoms with E-state index in [1.54, 1.807) is 0 Å². The number of nitrogens with zero attached hydrogens (tertiary/aromatic N) is 1.